The first-order chi connectivity index (χ1) is 5.29. The van der Waals surface area contributed by atoms with Crippen molar-refractivity contribution in [3.05, 3.63) is 29.7 Å². The molecule has 0 saturated carbocycles. The number of aromatic nitrogens is 2. The fourth-order valence-corrected chi connectivity index (χ4v) is 1.30. The summed E-state index contributed by atoms with van der Waals surface area (Å²) >= 11 is 10.8. The first-order valence-electron chi connectivity index (χ1n) is 3.07. The minimum Gasteiger partial charge on any atom is -0.778 e. The van der Waals surface area contributed by atoms with Crippen LogP contribution in [0.2, 0.25) is 5.02 Å². The number of hydrogen-bond acceptors (Lipinski definition) is 2. The van der Waals surface area contributed by atoms with Crippen LogP contribution in [0, 0.1) is 0 Å². The Morgan fingerprint density at radius 2 is 2.27 bits per heavy atom. The van der Waals surface area contributed by atoms with E-state index < -0.39 is 0 Å². The lowest BCUT2D eigenvalue weighted by Gasteiger charge is -2.07. The minimum atomic E-state index is 0.549. The Kier molecular flexibility index (Phi) is 1.47. The lowest BCUT2D eigenvalue weighted by molar-refractivity contribution is 1.16. The van der Waals surface area contributed by atoms with Crippen LogP contribution in [0.15, 0.2) is 29.6 Å². The minimum absolute atomic E-state index is 0.549. The van der Waals surface area contributed by atoms with Crippen LogP contribution in [-0.2, 0) is 12.6 Å². The van der Waals surface area contributed by atoms with E-state index in [9.17, 15) is 0 Å². The molecule has 0 amide bonds. The Morgan fingerprint density at radius 3 is 3.09 bits per heavy atom. The molecule has 0 fully saturated rings. The molecule has 0 aromatic carbocycles. The van der Waals surface area contributed by atoms with Gasteiger partial charge in [0.2, 0.25) is 0 Å². The van der Waals surface area contributed by atoms with Crippen molar-refractivity contribution in [1.29, 1.82) is 0 Å². The van der Waals surface area contributed by atoms with E-state index in [1.54, 1.807) is 12.3 Å². The summed E-state index contributed by atoms with van der Waals surface area (Å²) in [4.78, 5) is 4.69. The molecule has 0 bridgehead atoms. The van der Waals surface area contributed by atoms with Gasteiger partial charge in [-0.1, -0.05) is 17.7 Å². The first kappa shape index (κ1) is 6.88. The number of imidazole rings is 1. The molecule has 0 aliphatic heterocycles. The molecule has 2 nitrogen and oxygen atoms in total. The van der Waals surface area contributed by atoms with E-state index in [1.165, 1.54) is 0 Å². The molecule has 2 aromatic heterocycles. The van der Waals surface area contributed by atoms with Gasteiger partial charge >= 0.3 is 0 Å². The molecule has 4 heteroatoms. The van der Waals surface area contributed by atoms with Crippen molar-refractivity contribution >= 4 is 29.9 Å². The van der Waals surface area contributed by atoms with Gasteiger partial charge in [0.1, 0.15) is 0 Å². The summed E-state index contributed by atoms with van der Waals surface area (Å²) < 4.78 is 1.83. The van der Waals surface area contributed by atoms with Gasteiger partial charge in [-0.25, -0.2) is 4.98 Å². The van der Waals surface area contributed by atoms with E-state index in [2.05, 4.69) is 4.98 Å². The maximum absolute atomic E-state index is 5.88. The second-order valence-electron chi connectivity index (χ2n) is 2.15. The molecule has 0 aliphatic rings. The summed E-state index contributed by atoms with van der Waals surface area (Å²) in [7, 11) is 0. The van der Waals surface area contributed by atoms with Crippen LogP contribution in [0.5, 0.6) is 0 Å². The van der Waals surface area contributed by atoms with Crippen LogP contribution >= 0.6 is 11.6 Å². The number of rotatable bonds is 0. The highest BCUT2D eigenvalue weighted by atomic mass is 35.5. The monoisotopic (exact) mass is 183 g/mol. The SMILES string of the molecule is [S-]c1ccn2ccnc2c1Cl. The van der Waals surface area contributed by atoms with E-state index in [-0.39, 0.29) is 0 Å². The summed E-state index contributed by atoms with van der Waals surface area (Å²) in [6.07, 6.45) is 5.36. The number of halogens is 1. The largest absolute Gasteiger partial charge is 0.778 e. The molecule has 0 radical (unpaired) electrons. The quantitative estimate of drug-likeness (QED) is 0.581. The molecule has 56 valence electrons. The zero-order valence-corrected chi connectivity index (χ0v) is 7.06. The van der Waals surface area contributed by atoms with Gasteiger partial charge in [0, 0.05) is 18.6 Å². The molecule has 2 aromatic rings. The zero-order chi connectivity index (χ0) is 7.84. The fraction of sp³-hybridized carbons (Fsp3) is 0. The van der Waals surface area contributed by atoms with E-state index in [0.29, 0.717) is 9.92 Å². The van der Waals surface area contributed by atoms with Gasteiger partial charge in [-0.3, -0.25) is 0 Å². The second-order valence-corrected chi connectivity index (χ2v) is 2.97. The van der Waals surface area contributed by atoms with E-state index >= 15 is 0 Å². The lowest BCUT2D eigenvalue weighted by Crippen LogP contribution is -1.85. The van der Waals surface area contributed by atoms with Gasteiger partial charge in [-0.05, 0) is 0 Å². The Bertz CT molecular complexity index is 396. The predicted molar refractivity (Wildman–Crippen MR) is 45.8 cm³/mol. The third-order valence-corrected chi connectivity index (χ3v) is 2.29. The van der Waals surface area contributed by atoms with E-state index in [1.807, 2.05) is 16.8 Å². The van der Waals surface area contributed by atoms with Crippen LogP contribution in [0.1, 0.15) is 0 Å². The van der Waals surface area contributed by atoms with E-state index in [4.69, 9.17) is 24.2 Å². The first-order valence-corrected chi connectivity index (χ1v) is 3.86. The molecule has 0 unspecified atom stereocenters. The van der Waals surface area contributed by atoms with Crippen LogP contribution < -0.4 is 0 Å². The van der Waals surface area contributed by atoms with Crippen molar-refractivity contribution in [2.24, 2.45) is 0 Å². The van der Waals surface area contributed by atoms with Gasteiger partial charge in [0.25, 0.3) is 0 Å². The zero-order valence-electron chi connectivity index (χ0n) is 5.49. The van der Waals surface area contributed by atoms with Gasteiger partial charge in [0.05, 0.1) is 5.02 Å². The highest BCUT2D eigenvalue weighted by Crippen LogP contribution is 2.19. The second kappa shape index (κ2) is 2.36. The van der Waals surface area contributed by atoms with Crippen LogP contribution in [-0.4, -0.2) is 9.38 Å². The summed E-state index contributed by atoms with van der Waals surface area (Å²) in [5, 5.41) is 0.549. The number of pyridine rings is 1. The van der Waals surface area contributed by atoms with Gasteiger partial charge in [-0.15, -0.1) is 0 Å². The topological polar surface area (TPSA) is 17.3 Å². The Morgan fingerprint density at radius 1 is 1.45 bits per heavy atom. The molecular formula is C7H4ClN2S-. The van der Waals surface area contributed by atoms with Crippen molar-refractivity contribution in [1.82, 2.24) is 9.38 Å². The highest BCUT2D eigenvalue weighted by Gasteiger charge is 1.97. The standard InChI is InChI=1S/C7H5ClN2S/c8-6-5(11)1-3-10-4-2-9-7(6)10/h1-4,11H/p-1. The summed E-state index contributed by atoms with van der Waals surface area (Å²) in [6, 6.07) is 1.78. The molecule has 0 aliphatic carbocycles. The Hall–Kier alpha value is -0.800. The number of nitrogens with zero attached hydrogens (tertiary/aromatic N) is 2. The average Bonchev–Trinajstić information content (AvgIpc) is 2.45. The molecule has 2 rings (SSSR count). The Balaban J connectivity index is 2.93. The van der Waals surface area contributed by atoms with Crippen LogP contribution in [0.3, 0.4) is 0 Å². The van der Waals surface area contributed by atoms with Crippen molar-refractivity contribution in [3.63, 3.8) is 0 Å². The van der Waals surface area contributed by atoms with Crippen molar-refractivity contribution < 1.29 is 0 Å². The van der Waals surface area contributed by atoms with Crippen molar-refractivity contribution in [2.75, 3.05) is 0 Å². The number of hydrogen-bond donors (Lipinski definition) is 0. The van der Waals surface area contributed by atoms with Crippen molar-refractivity contribution in [3.8, 4) is 0 Å². The third kappa shape index (κ3) is 0.968. The molecular weight excluding hydrogens is 180 g/mol. The van der Waals surface area contributed by atoms with Gasteiger partial charge < -0.3 is 17.0 Å². The maximum Gasteiger partial charge on any atom is 0.153 e. The fourth-order valence-electron chi connectivity index (χ4n) is 0.935. The molecule has 0 N–H and O–H groups in total. The molecule has 0 saturated heterocycles. The predicted octanol–water partition coefficient (Wildman–Crippen LogP) is 1.89. The van der Waals surface area contributed by atoms with E-state index in [0.717, 1.165) is 5.65 Å². The normalized spacial score (nSPS) is 10.6. The number of fused-ring (bicyclic) bond motifs is 1. The van der Waals surface area contributed by atoms with Gasteiger partial charge in [0.15, 0.2) is 5.65 Å². The summed E-state index contributed by atoms with van der Waals surface area (Å²) in [5.74, 6) is 0. The third-order valence-electron chi connectivity index (χ3n) is 1.47. The molecule has 0 spiro atoms. The van der Waals surface area contributed by atoms with Gasteiger partial charge in [-0.2, -0.15) is 4.90 Å². The Labute approximate surface area is 74.2 Å². The van der Waals surface area contributed by atoms with Crippen LogP contribution in [0.25, 0.3) is 5.65 Å². The molecule has 2 heterocycles. The molecule has 11 heavy (non-hydrogen) atoms. The van der Waals surface area contributed by atoms with Crippen LogP contribution in [0.4, 0.5) is 0 Å². The average molecular weight is 184 g/mol. The summed E-state index contributed by atoms with van der Waals surface area (Å²) in [5.41, 5.74) is 0.721. The van der Waals surface area contributed by atoms with Crippen molar-refractivity contribution in [2.45, 2.75) is 4.90 Å². The molecule has 0 atom stereocenters. The smallest absolute Gasteiger partial charge is 0.153 e. The maximum atomic E-state index is 5.88. The highest BCUT2D eigenvalue weighted by molar-refractivity contribution is 7.59. The lowest BCUT2D eigenvalue weighted by atomic mass is 10.5. The summed E-state index contributed by atoms with van der Waals surface area (Å²) in [6.45, 7) is 0.